The first kappa shape index (κ1) is 13.2. The van der Waals surface area contributed by atoms with Gasteiger partial charge in [0.1, 0.15) is 0 Å². The topological polar surface area (TPSA) is 43.8 Å². The first-order valence-corrected chi connectivity index (χ1v) is 6.91. The first-order chi connectivity index (χ1) is 8.56. The Balaban J connectivity index is 2.19. The molecule has 96 valence electrons. The van der Waals surface area contributed by atoms with Crippen molar-refractivity contribution in [2.75, 3.05) is 0 Å². The second-order valence-corrected chi connectivity index (χ2v) is 5.87. The van der Waals surface area contributed by atoms with Gasteiger partial charge in [-0.2, -0.15) is 5.10 Å². The summed E-state index contributed by atoms with van der Waals surface area (Å²) in [5, 5.41) is 4.46. The number of hydrogen-bond donors (Lipinski definition) is 1. The van der Waals surface area contributed by atoms with Crippen molar-refractivity contribution in [1.82, 2.24) is 9.78 Å². The fraction of sp³-hybridized carbons (Fsp3) is 0.357. The van der Waals surface area contributed by atoms with E-state index in [1.807, 2.05) is 31.0 Å². The van der Waals surface area contributed by atoms with Crippen LogP contribution in [0.4, 0.5) is 0 Å². The molecular formula is C14H19N3S. The molecule has 2 rings (SSSR count). The predicted octanol–water partition coefficient (Wildman–Crippen LogP) is 2.91. The molecule has 3 nitrogen and oxygen atoms in total. The summed E-state index contributed by atoms with van der Waals surface area (Å²) in [6, 6.07) is 8.63. The third kappa shape index (κ3) is 3.15. The lowest BCUT2D eigenvalue weighted by Gasteiger charge is -2.19. The Kier molecular flexibility index (Phi) is 4.09. The standard InChI is InChI=1S/C14H19N3S/c1-10-4-6-13(7-5-10)18-14(11(2)15)12-8-16-17(3)9-12/h4-9,11,14H,15H2,1-3H3. The molecular weight excluding hydrogens is 242 g/mol. The number of nitrogens with two attached hydrogens (primary N) is 1. The molecule has 1 heterocycles. The van der Waals surface area contributed by atoms with Crippen molar-refractivity contribution in [3.8, 4) is 0 Å². The van der Waals surface area contributed by atoms with Gasteiger partial charge in [-0.3, -0.25) is 4.68 Å². The largest absolute Gasteiger partial charge is 0.327 e. The Labute approximate surface area is 112 Å². The lowest BCUT2D eigenvalue weighted by atomic mass is 10.1. The lowest BCUT2D eigenvalue weighted by Crippen LogP contribution is -2.22. The van der Waals surface area contributed by atoms with E-state index in [1.165, 1.54) is 16.0 Å². The van der Waals surface area contributed by atoms with Crippen LogP contribution in [0.1, 0.15) is 23.3 Å². The summed E-state index contributed by atoms with van der Waals surface area (Å²) in [5.41, 5.74) is 8.55. The summed E-state index contributed by atoms with van der Waals surface area (Å²) in [6.45, 7) is 4.14. The Bertz CT molecular complexity index is 502. The van der Waals surface area contributed by atoms with Gasteiger partial charge in [-0.15, -0.1) is 11.8 Å². The van der Waals surface area contributed by atoms with Gasteiger partial charge >= 0.3 is 0 Å². The molecule has 0 spiro atoms. The summed E-state index contributed by atoms with van der Waals surface area (Å²) >= 11 is 1.79. The number of aryl methyl sites for hydroxylation is 2. The van der Waals surface area contributed by atoms with Crippen LogP contribution >= 0.6 is 11.8 Å². The minimum atomic E-state index is 0.0838. The maximum Gasteiger partial charge on any atom is 0.0533 e. The van der Waals surface area contributed by atoms with E-state index in [9.17, 15) is 0 Å². The smallest absolute Gasteiger partial charge is 0.0533 e. The van der Waals surface area contributed by atoms with E-state index < -0.39 is 0 Å². The molecule has 4 heteroatoms. The van der Waals surface area contributed by atoms with Crippen LogP contribution in [-0.2, 0) is 7.05 Å². The minimum absolute atomic E-state index is 0.0838. The number of benzene rings is 1. The van der Waals surface area contributed by atoms with Crippen molar-refractivity contribution in [3.63, 3.8) is 0 Å². The van der Waals surface area contributed by atoms with Gasteiger partial charge in [-0.05, 0) is 26.0 Å². The summed E-state index contributed by atoms with van der Waals surface area (Å²) in [6.07, 6.45) is 3.93. The molecule has 0 aliphatic rings. The second kappa shape index (κ2) is 5.59. The average Bonchev–Trinajstić information content (AvgIpc) is 2.74. The van der Waals surface area contributed by atoms with Gasteiger partial charge in [0.05, 0.1) is 11.4 Å². The van der Waals surface area contributed by atoms with E-state index in [1.54, 1.807) is 11.8 Å². The number of thioether (sulfide) groups is 1. The van der Waals surface area contributed by atoms with Crippen LogP contribution in [0.2, 0.25) is 0 Å². The van der Waals surface area contributed by atoms with Crippen LogP contribution in [0.25, 0.3) is 0 Å². The normalized spacial score (nSPS) is 14.4. The molecule has 0 aliphatic heterocycles. The molecule has 18 heavy (non-hydrogen) atoms. The van der Waals surface area contributed by atoms with E-state index in [0.29, 0.717) is 0 Å². The van der Waals surface area contributed by atoms with E-state index in [-0.39, 0.29) is 11.3 Å². The van der Waals surface area contributed by atoms with E-state index in [0.717, 1.165) is 0 Å². The molecule has 2 aromatic rings. The molecule has 2 atom stereocenters. The highest BCUT2D eigenvalue weighted by atomic mass is 32.2. The molecule has 1 aromatic heterocycles. The summed E-state index contributed by atoms with van der Waals surface area (Å²) in [4.78, 5) is 1.24. The number of rotatable bonds is 4. The third-order valence-electron chi connectivity index (χ3n) is 2.81. The van der Waals surface area contributed by atoms with Gasteiger partial charge in [0, 0.05) is 29.7 Å². The summed E-state index contributed by atoms with van der Waals surface area (Å²) in [7, 11) is 1.93. The van der Waals surface area contributed by atoms with Gasteiger partial charge in [0.2, 0.25) is 0 Å². The van der Waals surface area contributed by atoms with Crippen LogP contribution in [0.15, 0.2) is 41.6 Å². The van der Waals surface area contributed by atoms with Crippen LogP contribution in [-0.4, -0.2) is 15.8 Å². The number of aromatic nitrogens is 2. The highest BCUT2D eigenvalue weighted by molar-refractivity contribution is 7.99. The van der Waals surface area contributed by atoms with Crippen molar-refractivity contribution in [1.29, 1.82) is 0 Å². The zero-order valence-electron chi connectivity index (χ0n) is 11.0. The maximum atomic E-state index is 6.10. The van der Waals surface area contributed by atoms with Crippen LogP contribution < -0.4 is 5.73 Å². The average molecular weight is 261 g/mol. The molecule has 0 bridgehead atoms. The van der Waals surface area contributed by atoms with Gasteiger partial charge < -0.3 is 5.73 Å². The first-order valence-electron chi connectivity index (χ1n) is 6.03. The van der Waals surface area contributed by atoms with Crippen molar-refractivity contribution >= 4 is 11.8 Å². The number of nitrogens with zero attached hydrogens (tertiary/aromatic N) is 2. The van der Waals surface area contributed by atoms with E-state index in [2.05, 4.69) is 36.3 Å². The quantitative estimate of drug-likeness (QED) is 0.861. The van der Waals surface area contributed by atoms with Crippen molar-refractivity contribution < 1.29 is 0 Å². The Morgan fingerprint density at radius 3 is 2.44 bits per heavy atom. The SMILES string of the molecule is Cc1ccc(SC(c2cnn(C)c2)C(C)N)cc1. The molecule has 0 aliphatic carbocycles. The van der Waals surface area contributed by atoms with Gasteiger partial charge in [0.15, 0.2) is 0 Å². The molecule has 0 saturated heterocycles. The van der Waals surface area contributed by atoms with Crippen LogP contribution in [0, 0.1) is 6.92 Å². The Morgan fingerprint density at radius 2 is 1.94 bits per heavy atom. The molecule has 0 saturated carbocycles. The predicted molar refractivity (Wildman–Crippen MR) is 76.6 cm³/mol. The fourth-order valence-electron chi connectivity index (χ4n) is 1.83. The zero-order valence-corrected chi connectivity index (χ0v) is 11.8. The summed E-state index contributed by atoms with van der Waals surface area (Å²) < 4.78 is 1.82. The van der Waals surface area contributed by atoms with Crippen LogP contribution in [0.5, 0.6) is 0 Å². The van der Waals surface area contributed by atoms with Crippen molar-refractivity contribution in [2.24, 2.45) is 12.8 Å². The second-order valence-electron chi connectivity index (χ2n) is 4.66. The van der Waals surface area contributed by atoms with Crippen LogP contribution in [0.3, 0.4) is 0 Å². The van der Waals surface area contributed by atoms with Gasteiger partial charge in [-0.25, -0.2) is 0 Å². The van der Waals surface area contributed by atoms with E-state index >= 15 is 0 Å². The monoisotopic (exact) mass is 261 g/mol. The van der Waals surface area contributed by atoms with Crippen molar-refractivity contribution in [2.45, 2.75) is 30.0 Å². The van der Waals surface area contributed by atoms with Gasteiger partial charge in [0.25, 0.3) is 0 Å². The highest BCUT2D eigenvalue weighted by Crippen LogP contribution is 2.36. The van der Waals surface area contributed by atoms with Crippen molar-refractivity contribution in [3.05, 3.63) is 47.8 Å². The molecule has 2 N–H and O–H groups in total. The fourth-order valence-corrected chi connectivity index (χ4v) is 2.89. The van der Waals surface area contributed by atoms with Gasteiger partial charge in [-0.1, -0.05) is 17.7 Å². The number of hydrogen-bond acceptors (Lipinski definition) is 3. The molecule has 0 radical (unpaired) electrons. The Hall–Kier alpha value is -1.26. The summed E-state index contributed by atoms with van der Waals surface area (Å²) in [5.74, 6) is 0. The zero-order chi connectivity index (χ0) is 13.1. The third-order valence-corrected chi connectivity index (χ3v) is 4.31. The molecule has 2 unspecified atom stereocenters. The molecule has 1 aromatic carbocycles. The maximum absolute atomic E-state index is 6.10. The molecule has 0 amide bonds. The Morgan fingerprint density at radius 1 is 1.28 bits per heavy atom. The minimum Gasteiger partial charge on any atom is -0.327 e. The highest BCUT2D eigenvalue weighted by Gasteiger charge is 2.19. The lowest BCUT2D eigenvalue weighted by molar-refractivity contribution is 0.718. The molecule has 0 fully saturated rings. The van der Waals surface area contributed by atoms with E-state index in [4.69, 9.17) is 5.73 Å².